The van der Waals surface area contributed by atoms with E-state index in [0.717, 1.165) is 21.2 Å². The molecule has 0 saturated carbocycles. The molecular formula is C9H10Br2N2. The number of pyridine rings is 1. The van der Waals surface area contributed by atoms with Crippen LogP contribution in [-0.4, -0.2) is 4.98 Å². The van der Waals surface area contributed by atoms with E-state index in [1.54, 1.807) is 6.08 Å². The fraction of sp³-hybridized carbons (Fsp3) is 0.222. The molecule has 4 heteroatoms. The minimum Gasteiger partial charge on any atom is -0.324 e. The molecule has 0 aliphatic carbocycles. The van der Waals surface area contributed by atoms with Crippen LogP contribution in [0.3, 0.4) is 0 Å². The van der Waals surface area contributed by atoms with Gasteiger partial charge in [-0.2, -0.15) is 0 Å². The molecule has 70 valence electrons. The first kappa shape index (κ1) is 10.9. The Balaban J connectivity index is 2.94. The van der Waals surface area contributed by atoms with Gasteiger partial charge in [-0.05, 0) is 44.3 Å². The maximum absolute atomic E-state index is 5.90. The molecule has 0 fully saturated rings. The zero-order valence-corrected chi connectivity index (χ0v) is 10.2. The zero-order chi connectivity index (χ0) is 9.84. The highest BCUT2D eigenvalue weighted by Crippen LogP contribution is 2.24. The molecule has 13 heavy (non-hydrogen) atoms. The van der Waals surface area contributed by atoms with E-state index in [0.29, 0.717) is 0 Å². The summed E-state index contributed by atoms with van der Waals surface area (Å²) >= 11 is 6.64. The first-order valence-corrected chi connectivity index (χ1v) is 5.42. The van der Waals surface area contributed by atoms with Crippen LogP contribution in [0.5, 0.6) is 0 Å². The van der Waals surface area contributed by atoms with E-state index in [1.165, 1.54) is 0 Å². The first-order valence-electron chi connectivity index (χ1n) is 3.83. The molecule has 1 aromatic heterocycles. The van der Waals surface area contributed by atoms with Crippen LogP contribution >= 0.6 is 31.9 Å². The average Bonchev–Trinajstić information content (AvgIpc) is 2.04. The Bertz CT molecular complexity index is 312. The van der Waals surface area contributed by atoms with Crippen LogP contribution in [0.25, 0.3) is 0 Å². The second-order valence-corrected chi connectivity index (χ2v) is 4.21. The molecule has 1 unspecified atom stereocenters. The van der Waals surface area contributed by atoms with Gasteiger partial charge in [-0.25, -0.2) is 4.98 Å². The summed E-state index contributed by atoms with van der Waals surface area (Å²) in [6.07, 6.45) is 2.56. The van der Waals surface area contributed by atoms with Crippen LogP contribution in [0.4, 0.5) is 0 Å². The fourth-order valence-electron chi connectivity index (χ4n) is 1.01. The molecule has 2 nitrogen and oxygen atoms in total. The van der Waals surface area contributed by atoms with Crippen LogP contribution in [0.2, 0.25) is 0 Å². The lowest BCUT2D eigenvalue weighted by Crippen LogP contribution is -2.10. The van der Waals surface area contributed by atoms with Crippen molar-refractivity contribution in [3.05, 3.63) is 39.6 Å². The van der Waals surface area contributed by atoms with Gasteiger partial charge in [0.05, 0.1) is 0 Å². The molecule has 0 aliphatic heterocycles. The summed E-state index contributed by atoms with van der Waals surface area (Å²) in [4.78, 5) is 4.20. The van der Waals surface area contributed by atoms with E-state index < -0.39 is 0 Å². The summed E-state index contributed by atoms with van der Waals surface area (Å²) in [5.41, 5.74) is 6.90. The Kier molecular flexibility index (Phi) is 4.09. The predicted octanol–water partition coefficient (Wildman–Crippen LogP) is 3.18. The van der Waals surface area contributed by atoms with Gasteiger partial charge in [0.2, 0.25) is 0 Å². The Morgan fingerprint density at radius 1 is 1.54 bits per heavy atom. The van der Waals surface area contributed by atoms with Crippen molar-refractivity contribution in [3.63, 3.8) is 0 Å². The highest BCUT2D eigenvalue weighted by atomic mass is 79.9. The third-order valence-corrected chi connectivity index (χ3v) is 2.74. The number of hydrogen-bond acceptors (Lipinski definition) is 2. The maximum atomic E-state index is 5.90. The molecule has 0 bridgehead atoms. The summed E-state index contributed by atoms with van der Waals surface area (Å²) in [6.45, 7) is 3.65. The molecule has 0 saturated heterocycles. The van der Waals surface area contributed by atoms with E-state index in [4.69, 9.17) is 5.73 Å². The standard InChI is InChI=1S/C9H10Br2N2/c1-2-3-7(12)6-4-5-8(10)13-9(6)11/h2,4-5,7H,1,3,12H2. The molecule has 1 rings (SSSR count). The molecule has 1 heterocycles. The van der Waals surface area contributed by atoms with Crippen molar-refractivity contribution in [2.24, 2.45) is 5.73 Å². The number of nitrogens with zero attached hydrogens (tertiary/aromatic N) is 1. The molecule has 0 aliphatic rings. The number of halogens is 2. The minimum absolute atomic E-state index is 0.0347. The number of nitrogens with two attached hydrogens (primary N) is 1. The van der Waals surface area contributed by atoms with Gasteiger partial charge >= 0.3 is 0 Å². The lowest BCUT2D eigenvalue weighted by molar-refractivity contribution is 0.731. The van der Waals surface area contributed by atoms with E-state index in [9.17, 15) is 0 Å². The molecule has 0 amide bonds. The third-order valence-electron chi connectivity index (χ3n) is 1.66. The van der Waals surface area contributed by atoms with Crippen LogP contribution in [0.15, 0.2) is 34.0 Å². The van der Waals surface area contributed by atoms with E-state index in [-0.39, 0.29) is 6.04 Å². The molecule has 2 N–H and O–H groups in total. The summed E-state index contributed by atoms with van der Waals surface area (Å²) in [6, 6.07) is 3.80. The average molecular weight is 306 g/mol. The van der Waals surface area contributed by atoms with Crippen molar-refractivity contribution in [3.8, 4) is 0 Å². The molecule has 1 atom stereocenters. The van der Waals surface area contributed by atoms with Gasteiger partial charge in [0.1, 0.15) is 9.21 Å². The number of rotatable bonds is 3. The summed E-state index contributed by atoms with van der Waals surface area (Å²) in [7, 11) is 0. The van der Waals surface area contributed by atoms with Crippen molar-refractivity contribution in [1.29, 1.82) is 0 Å². The smallest absolute Gasteiger partial charge is 0.112 e. The Labute approximate surface area is 94.5 Å². The second kappa shape index (κ2) is 4.88. The first-order chi connectivity index (χ1) is 6.15. The number of aromatic nitrogens is 1. The molecule has 0 radical (unpaired) electrons. The monoisotopic (exact) mass is 304 g/mol. The summed E-state index contributed by atoms with van der Waals surface area (Å²) in [5.74, 6) is 0. The van der Waals surface area contributed by atoms with Crippen molar-refractivity contribution < 1.29 is 0 Å². The predicted molar refractivity (Wildman–Crippen MR) is 61.4 cm³/mol. The Morgan fingerprint density at radius 3 is 2.77 bits per heavy atom. The largest absolute Gasteiger partial charge is 0.324 e. The van der Waals surface area contributed by atoms with Gasteiger partial charge in [-0.15, -0.1) is 6.58 Å². The van der Waals surface area contributed by atoms with Crippen molar-refractivity contribution in [2.45, 2.75) is 12.5 Å². The fourth-order valence-corrected chi connectivity index (χ4v) is 2.17. The molecule has 0 spiro atoms. The maximum Gasteiger partial charge on any atom is 0.112 e. The molecule has 1 aromatic rings. The van der Waals surface area contributed by atoms with E-state index >= 15 is 0 Å². The highest BCUT2D eigenvalue weighted by Gasteiger charge is 2.09. The van der Waals surface area contributed by atoms with Crippen LogP contribution in [0, 0.1) is 0 Å². The van der Waals surface area contributed by atoms with Gasteiger partial charge in [-0.3, -0.25) is 0 Å². The van der Waals surface area contributed by atoms with Gasteiger partial charge in [0.25, 0.3) is 0 Å². The third kappa shape index (κ3) is 2.90. The van der Waals surface area contributed by atoms with E-state index in [1.807, 2.05) is 12.1 Å². The topological polar surface area (TPSA) is 38.9 Å². The summed E-state index contributed by atoms with van der Waals surface area (Å²) in [5, 5.41) is 0. The lowest BCUT2D eigenvalue weighted by atomic mass is 10.1. The number of hydrogen-bond donors (Lipinski definition) is 1. The minimum atomic E-state index is -0.0347. The van der Waals surface area contributed by atoms with Crippen molar-refractivity contribution in [1.82, 2.24) is 4.98 Å². The Hall–Kier alpha value is -0.190. The van der Waals surface area contributed by atoms with Crippen LogP contribution in [-0.2, 0) is 0 Å². The van der Waals surface area contributed by atoms with Gasteiger partial charge in [-0.1, -0.05) is 12.1 Å². The SMILES string of the molecule is C=CCC(N)c1ccc(Br)nc1Br. The molecular weight excluding hydrogens is 296 g/mol. The van der Waals surface area contributed by atoms with Gasteiger partial charge < -0.3 is 5.73 Å². The zero-order valence-electron chi connectivity index (χ0n) is 7.00. The van der Waals surface area contributed by atoms with Gasteiger partial charge in [0, 0.05) is 11.6 Å². The van der Waals surface area contributed by atoms with Crippen molar-refractivity contribution in [2.75, 3.05) is 0 Å². The van der Waals surface area contributed by atoms with Crippen LogP contribution in [0.1, 0.15) is 18.0 Å². The quantitative estimate of drug-likeness (QED) is 0.688. The highest BCUT2D eigenvalue weighted by molar-refractivity contribution is 9.11. The second-order valence-electron chi connectivity index (χ2n) is 2.64. The normalized spacial score (nSPS) is 12.5. The van der Waals surface area contributed by atoms with Gasteiger partial charge in [0.15, 0.2) is 0 Å². The van der Waals surface area contributed by atoms with Crippen molar-refractivity contribution >= 4 is 31.9 Å². The lowest BCUT2D eigenvalue weighted by Gasteiger charge is -2.10. The molecule has 0 aromatic carbocycles. The Morgan fingerprint density at radius 2 is 2.23 bits per heavy atom. The summed E-state index contributed by atoms with van der Waals surface area (Å²) < 4.78 is 1.59. The van der Waals surface area contributed by atoms with Crippen LogP contribution < -0.4 is 5.73 Å². The van der Waals surface area contributed by atoms with E-state index in [2.05, 4.69) is 43.4 Å².